The van der Waals surface area contributed by atoms with Gasteiger partial charge in [0.05, 0.1) is 6.61 Å². The van der Waals surface area contributed by atoms with Crippen molar-refractivity contribution in [1.29, 1.82) is 0 Å². The van der Waals surface area contributed by atoms with Crippen LogP contribution >= 0.6 is 0 Å². The highest BCUT2D eigenvalue weighted by molar-refractivity contribution is 5.75. The molecule has 1 amide bonds. The number of ether oxygens (including phenoxy) is 1. The molecule has 1 aromatic heterocycles. The normalized spacial score (nSPS) is 10.2. The minimum Gasteiger partial charge on any atom is -0.494 e. The maximum absolute atomic E-state index is 12.6. The number of carbonyl (C=O) groups excluding carboxylic acids is 1. The van der Waals surface area contributed by atoms with Crippen molar-refractivity contribution in [3.63, 3.8) is 0 Å². The van der Waals surface area contributed by atoms with Crippen LogP contribution in [0, 0.1) is 0 Å². The van der Waals surface area contributed by atoms with E-state index in [9.17, 15) is 4.79 Å². The number of hydrogen-bond acceptors (Lipinski definition) is 7. The SMILES string of the molecule is CCCCCC(=O)N(CCCC)NCc1cccc(OCCCNc2nc(N)nn2C)c1.O.O. The number of hydrogen-bond donors (Lipinski definition) is 3. The maximum atomic E-state index is 12.6. The van der Waals surface area contributed by atoms with Gasteiger partial charge in [0.25, 0.3) is 0 Å². The second kappa shape index (κ2) is 17.6. The molecule has 0 saturated heterocycles. The van der Waals surface area contributed by atoms with Crippen molar-refractivity contribution < 1.29 is 20.5 Å². The lowest BCUT2D eigenvalue weighted by atomic mass is 10.2. The molecule has 2 rings (SSSR count). The summed E-state index contributed by atoms with van der Waals surface area (Å²) in [6.07, 6.45) is 6.62. The Balaban J connectivity index is 0.00000544. The van der Waals surface area contributed by atoms with E-state index in [0.29, 0.717) is 32.1 Å². The minimum atomic E-state index is 0. The van der Waals surface area contributed by atoms with Crippen molar-refractivity contribution in [2.45, 2.75) is 65.3 Å². The zero-order valence-electron chi connectivity index (χ0n) is 20.8. The first-order valence-electron chi connectivity index (χ1n) is 11.7. The van der Waals surface area contributed by atoms with Gasteiger partial charge in [0.15, 0.2) is 0 Å². The number of unbranched alkanes of at least 4 members (excludes halogenated alkanes) is 3. The van der Waals surface area contributed by atoms with Crippen molar-refractivity contribution in [1.82, 2.24) is 25.2 Å². The number of nitrogens with zero attached hydrogens (tertiary/aromatic N) is 4. The van der Waals surface area contributed by atoms with Crippen molar-refractivity contribution in [3.8, 4) is 5.75 Å². The van der Waals surface area contributed by atoms with Crippen molar-refractivity contribution >= 4 is 17.8 Å². The molecular formula is C23H43N7O4. The molecule has 1 heterocycles. The van der Waals surface area contributed by atoms with Crippen LogP contribution in [0.25, 0.3) is 0 Å². The van der Waals surface area contributed by atoms with Crippen molar-refractivity contribution in [3.05, 3.63) is 29.8 Å². The highest BCUT2D eigenvalue weighted by atomic mass is 16.5. The Morgan fingerprint density at radius 1 is 1.15 bits per heavy atom. The van der Waals surface area contributed by atoms with Crippen LogP contribution in [-0.2, 0) is 18.4 Å². The summed E-state index contributed by atoms with van der Waals surface area (Å²) >= 11 is 0. The fourth-order valence-electron chi connectivity index (χ4n) is 3.22. The third kappa shape index (κ3) is 11.3. The first kappa shape index (κ1) is 31.1. The molecule has 0 aliphatic rings. The third-order valence-corrected chi connectivity index (χ3v) is 5.06. The summed E-state index contributed by atoms with van der Waals surface area (Å²) in [7, 11) is 1.80. The van der Waals surface area contributed by atoms with E-state index in [1.807, 2.05) is 24.3 Å². The standard InChI is InChI=1S/C23H39N7O2.2H2O/c1-4-6-8-13-21(31)30(15-7-5-2)26-18-19-11-9-12-20(17-19)32-16-10-14-25-23-27-22(24)28-29(23)3;;/h9,11-12,17,26H,4-8,10,13-16,18H2,1-3H3,(H3,24,25,27,28);2*1H2. The summed E-state index contributed by atoms with van der Waals surface area (Å²) in [5.74, 6) is 1.90. The molecule has 8 N–H and O–H groups in total. The summed E-state index contributed by atoms with van der Waals surface area (Å²) in [4.78, 5) is 16.7. The van der Waals surface area contributed by atoms with Crippen molar-refractivity contribution in [2.24, 2.45) is 7.05 Å². The first-order valence-corrected chi connectivity index (χ1v) is 11.7. The predicted molar refractivity (Wildman–Crippen MR) is 135 cm³/mol. The lowest BCUT2D eigenvalue weighted by molar-refractivity contribution is -0.134. The number of benzene rings is 1. The maximum Gasteiger partial charge on any atom is 0.241 e. The Morgan fingerprint density at radius 3 is 2.59 bits per heavy atom. The first-order chi connectivity index (χ1) is 15.5. The van der Waals surface area contributed by atoms with Gasteiger partial charge in [-0.1, -0.05) is 45.2 Å². The number of aromatic nitrogens is 3. The van der Waals surface area contributed by atoms with E-state index in [4.69, 9.17) is 10.5 Å². The molecule has 1 aromatic carbocycles. The summed E-state index contributed by atoms with van der Waals surface area (Å²) in [6, 6.07) is 7.99. The van der Waals surface area contributed by atoms with Gasteiger partial charge in [-0.05, 0) is 37.0 Å². The van der Waals surface area contributed by atoms with Gasteiger partial charge in [0.1, 0.15) is 5.75 Å². The lowest BCUT2D eigenvalue weighted by Crippen LogP contribution is -2.43. The number of rotatable bonds is 16. The molecule has 0 fully saturated rings. The Morgan fingerprint density at radius 2 is 1.91 bits per heavy atom. The summed E-state index contributed by atoms with van der Waals surface area (Å²) in [5, 5.41) is 8.98. The van der Waals surface area contributed by atoms with Gasteiger partial charge in [0, 0.05) is 33.1 Å². The summed E-state index contributed by atoms with van der Waals surface area (Å²) in [6.45, 7) is 6.91. The van der Waals surface area contributed by atoms with Gasteiger partial charge in [-0.25, -0.2) is 10.1 Å². The average Bonchev–Trinajstić information content (AvgIpc) is 3.10. The quantitative estimate of drug-likeness (QED) is 0.242. The molecule has 0 aliphatic carbocycles. The number of carbonyl (C=O) groups is 1. The van der Waals surface area contributed by atoms with Crippen LogP contribution in [0.1, 0.15) is 64.4 Å². The molecule has 0 atom stereocenters. The highest BCUT2D eigenvalue weighted by Gasteiger charge is 2.12. The molecule has 0 unspecified atom stereocenters. The summed E-state index contributed by atoms with van der Waals surface area (Å²) in [5.41, 5.74) is 9.98. The van der Waals surface area contributed by atoms with Gasteiger partial charge in [0.2, 0.25) is 17.8 Å². The fourth-order valence-corrected chi connectivity index (χ4v) is 3.22. The van der Waals surface area contributed by atoms with Crippen molar-refractivity contribution in [2.75, 3.05) is 30.7 Å². The van der Waals surface area contributed by atoms with E-state index in [-0.39, 0.29) is 22.8 Å². The van der Waals surface area contributed by atoms with Crippen LogP contribution in [0.4, 0.5) is 11.9 Å². The number of anilines is 2. The average molecular weight is 482 g/mol. The summed E-state index contributed by atoms with van der Waals surface area (Å²) < 4.78 is 7.50. The van der Waals surface area contributed by atoms with Crippen LogP contribution in [0.15, 0.2) is 24.3 Å². The van der Waals surface area contributed by atoms with E-state index >= 15 is 0 Å². The molecule has 0 bridgehead atoms. The van der Waals surface area contributed by atoms with E-state index < -0.39 is 0 Å². The lowest BCUT2D eigenvalue weighted by Gasteiger charge is -2.24. The number of nitrogen functional groups attached to an aromatic ring is 1. The highest BCUT2D eigenvalue weighted by Crippen LogP contribution is 2.14. The van der Waals surface area contributed by atoms with Gasteiger partial charge in [-0.3, -0.25) is 9.80 Å². The fraction of sp³-hybridized carbons (Fsp3) is 0.609. The van der Waals surface area contributed by atoms with E-state index in [0.717, 1.165) is 56.4 Å². The molecule has 11 heteroatoms. The second-order valence-corrected chi connectivity index (χ2v) is 7.88. The number of hydrazine groups is 1. The monoisotopic (exact) mass is 481 g/mol. The molecule has 0 aliphatic heterocycles. The van der Waals surface area contributed by atoms with Gasteiger partial charge < -0.3 is 26.7 Å². The predicted octanol–water partition coefficient (Wildman–Crippen LogP) is 1.84. The molecule has 2 aromatic rings. The zero-order chi connectivity index (χ0) is 23.2. The van der Waals surface area contributed by atoms with E-state index in [1.54, 1.807) is 16.7 Å². The van der Waals surface area contributed by atoms with Gasteiger partial charge >= 0.3 is 0 Å². The van der Waals surface area contributed by atoms with Crippen LogP contribution in [0.5, 0.6) is 5.75 Å². The Kier molecular flexibility index (Phi) is 16.1. The van der Waals surface area contributed by atoms with Crippen LogP contribution in [0.2, 0.25) is 0 Å². The largest absolute Gasteiger partial charge is 0.494 e. The molecule has 34 heavy (non-hydrogen) atoms. The number of nitrogens with one attached hydrogen (secondary N) is 2. The topological polar surface area (TPSA) is 173 Å². The Hall–Kier alpha value is -2.89. The molecule has 194 valence electrons. The second-order valence-electron chi connectivity index (χ2n) is 7.88. The van der Waals surface area contributed by atoms with Gasteiger partial charge in [-0.15, -0.1) is 5.10 Å². The minimum absolute atomic E-state index is 0. The molecule has 11 nitrogen and oxygen atoms in total. The Bertz CT molecular complexity index is 816. The number of aryl methyl sites for hydroxylation is 1. The molecule has 0 spiro atoms. The van der Waals surface area contributed by atoms with Gasteiger partial charge in [-0.2, -0.15) is 4.98 Å². The Labute approximate surface area is 202 Å². The number of nitrogens with two attached hydrogens (primary N) is 1. The molecular weight excluding hydrogens is 438 g/mol. The van der Waals surface area contributed by atoms with E-state index in [1.165, 1.54) is 0 Å². The molecule has 0 saturated carbocycles. The molecule has 0 radical (unpaired) electrons. The van der Waals surface area contributed by atoms with Crippen LogP contribution in [0.3, 0.4) is 0 Å². The number of amides is 1. The van der Waals surface area contributed by atoms with E-state index in [2.05, 4.69) is 34.7 Å². The third-order valence-electron chi connectivity index (χ3n) is 5.06. The smallest absolute Gasteiger partial charge is 0.241 e. The van der Waals surface area contributed by atoms with Crippen LogP contribution < -0.4 is 21.2 Å². The van der Waals surface area contributed by atoms with Crippen LogP contribution in [-0.4, -0.2) is 56.3 Å². The zero-order valence-corrected chi connectivity index (χ0v) is 20.8.